The van der Waals surface area contributed by atoms with Gasteiger partial charge in [0.15, 0.2) is 0 Å². The van der Waals surface area contributed by atoms with Crippen molar-refractivity contribution < 1.29 is 0 Å². The molecule has 0 bridgehead atoms. The van der Waals surface area contributed by atoms with E-state index < -0.39 is 4.44 Å². The van der Waals surface area contributed by atoms with Crippen molar-refractivity contribution in [1.82, 2.24) is 0 Å². The quantitative estimate of drug-likeness (QED) is 0.616. The van der Waals surface area contributed by atoms with Crippen LogP contribution in [0.15, 0.2) is 60.7 Å². The first-order valence-electron chi connectivity index (χ1n) is 5.20. The first-order chi connectivity index (χ1) is 8.09. The third-order valence-corrected chi connectivity index (χ3v) is 5.67. The van der Waals surface area contributed by atoms with Gasteiger partial charge in [0, 0.05) is 0 Å². The van der Waals surface area contributed by atoms with E-state index in [0.717, 1.165) is 11.1 Å². The summed E-state index contributed by atoms with van der Waals surface area (Å²) in [6, 6.07) is 20.2. The highest BCUT2D eigenvalue weighted by Crippen LogP contribution is 2.58. The van der Waals surface area contributed by atoms with Gasteiger partial charge in [-0.2, -0.15) is 0 Å². The molecular formula is C13H11PS3-2. The molecule has 0 nitrogen and oxygen atoms in total. The van der Waals surface area contributed by atoms with Crippen LogP contribution in [-0.4, -0.2) is 0 Å². The molecule has 17 heavy (non-hydrogen) atoms. The van der Waals surface area contributed by atoms with Crippen LogP contribution in [0.4, 0.5) is 0 Å². The van der Waals surface area contributed by atoms with Crippen LogP contribution in [0.1, 0.15) is 16.8 Å². The topological polar surface area (TPSA) is 0 Å². The van der Waals surface area contributed by atoms with Gasteiger partial charge in [-0.15, -0.1) is 11.8 Å². The minimum Gasteiger partial charge on any atom is -0.769 e. The zero-order valence-electron chi connectivity index (χ0n) is 9.02. The van der Waals surface area contributed by atoms with Gasteiger partial charge in [-0.3, -0.25) is 4.44 Å². The molecular weight excluding hydrogens is 283 g/mol. The van der Waals surface area contributed by atoms with Crippen molar-refractivity contribution >= 4 is 40.7 Å². The summed E-state index contributed by atoms with van der Waals surface area (Å²) < 4.78 is -2.22. The Morgan fingerprint density at radius 2 is 1.12 bits per heavy atom. The maximum absolute atomic E-state index is 5.41. The van der Waals surface area contributed by atoms with Crippen molar-refractivity contribution in [3.63, 3.8) is 0 Å². The summed E-state index contributed by atoms with van der Waals surface area (Å²) in [6.45, 7) is 0. The average molecular weight is 294 g/mol. The number of rotatable bonds is 3. The fourth-order valence-corrected chi connectivity index (χ4v) is 5.09. The van der Waals surface area contributed by atoms with Crippen LogP contribution in [0.3, 0.4) is 0 Å². The monoisotopic (exact) mass is 294 g/mol. The lowest BCUT2D eigenvalue weighted by Gasteiger charge is -2.45. The van der Waals surface area contributed by atoms with Gasteiger partial charge in [0.05, 0.1) is 0 Å². The fourth-order valence-electron chi connectivity index (χ4n) is 1.83. The van der Waals surface area contributed by atoms with Crippen LogP contribution in [0, 0.1) is 0 Å². The van der Waals surface area contributed by atoms with Gasteiger partial charge in [0.2, 0.25) is 0 Å². The van der Waals surface area contributed by atoms with E-state index in [-0.39, 0.29) is 5.66 Å². The number of hydrogen-bond donors (Lipinski definition) is 0. The molecule has 0 aliphatic heterocycles. The Balaban J connectivity index is 2.52. The predicted molar refractivity (Wildman–Crippen MR) is 83.7 cm³/mol. The first kappa shape index (κ1) is 13.2. The van der Waals surface area contributed by atoms with E-state index in [1.165, 1.54) is 0 Å². The van der Waals surface area contributed by atoms with Crippen molar-refractivity contribution in [3.05, 3.63) is 71.8 Å². The van der Waals surface area contributed by atoms with E-state index in [2.05, 4.69) is 24.3 Å². The maximum Gasteiger partial charge on any atom is -0.00332 e. The second kappa shape index (κ2) is 5.62. The van der Waals surface area contributed by atoms with Gasteiger partial charge in [-0.1, -0.05) is 60.7 Å². The lowest BCUT2D eigenvalue weighted by Crippen LogP contribution is -1.99. The summed E-state index contributed by atoms with van der Waals surface area (Å²) in [6.07, 6.45) is 0. The third-order valence-electron chi connectivity index (χ3n) is 2.55. The molecule has 0 aromatic heterocycles. The van der Waals surface area contributed by atoms with Crippen LogP contribution >= 0.6 is 4.44 Å². The SMILES string of the molecule is S=P([S-])([S-])C(c1ccccc1)c1ccccc1. The summed E-state index contributed by atoms with van der Waals surface area (Å²) in [5, 5.41) is 0. The average Bonchev–Trinajstić information content (AvgIpc) is 2.30. The van der Waals surface area contributed by atoms with Crippen molar-refractivity contribution in [2.75, 3.05) is 0 Å². The molecule has 0 spiro atoms. The van der Waals surface area contributed by atoms with Crippen molar-refractivity contribution in [3.8, 4) is 0 Å². The normalized spacial score (nSPS) is 11.7. The molecule has 0 fully saturated rings. The first-order valence-corrected chi connectivity index (χ1v) is 10.1. The molecule has 0 radical (unpaired) electrons. The highest BCUT2D eigenvalue weighted by Gasteiger charge is 2.12. The van der Waals surface area contributed by atoms with Gasteiger partial charge in [0.25, 0.3) is 0 Å². The summed E-state index contributed by atoms with van der Waals surface area (Å²) in [5.41, 5.74) is 2.27. The van der Waals surface area contributed by atoms with Crippen LogP contribution in [-0.2, 0) is 36.3 Å². The Morgan fingerprint density at radius 1 is 0.765 bits per heavy atom. The molecule has 2 aromatic carbocycles. The van der Waals surface area contributed by atoms with E-state index in [9.17, 15) is 0 Å². The standard InChI is InChI=1S/C13H13PS3/c15-14(16,17)13(11-7-3-1-4-8-11)12-9-5-2-6-10-12/h1-10,13H,(H2,15,16,17)/p-2. The second-order valence-electron chi connectivity index (χ2n) is 3.76. The molecule has 0 amide bonds. The lowest BCUT2D eigenvalue weighted by molar-refractivity contribution is 1.15. The smallest absolute Gasteiger partial charge is 0.00332 e. The Kier molecular flexibility index (Phi) is 4.37. The van der Waals surface area contributed by atoms with E-state index in [1.54, 1.807) is 0 Å². The van der Waals surface area contributed by atoms with Gasteiger partial charge in [-0.25, -0.2) is 0 Å². The Bertz CT molecular complexity index is 479. The minimum atomic E-state index is -2.22. The van der Waals surface area contributed by atoms with E-state index in [1.807, 2.05) is 36.4 Å². The Morgan fingerprint density at radius 3 is 1.41 bits per heavy atom. The van der Waals surface area contributed by atoms with Crippen LogP contribution < -0.4 is 0 Å². The number of hydrogen-bond acceptors (Lipinski definition) is 3. The molecule has 2 aromatic rings. The van der Waals surface area contributed by atoms with Crippen molar-refractivity contribution in [1.29, 1.82) is 0 Å². The molecule has 2 rings (SSSR count). The number of benzene rings is 2. The maximum atomic E-state index is 5.41. The Labute approximate surface area is 118 Å². The Hall–Kier alpha value is -0.210. The molecule has 4 heteroatoms. The van der Waals surface area contributed by atoms with Crippen LogP contribution in [0.5, 0.6) is 0 Å². The second-order valence-corrected chi connectivity index (χ2v) is 12.6. The molecule has 0 unspecified atom stereocenters. The van der Waals surface area contributed by atoms with Gasteiger partial charge in [-0.05, 0) is 16.8 Å². The highest BCUT2D eigenvalue weighted by molar-refractivity contribution is 8.82. The van der Waals surface area contributed by atoms with Crippen molar-refractivity contribution in [2.45, 2.75) is 5.66 Å². The molecule has 0 atom stereocenters. The molecule has 0 N–H and O–H groups in total. The summed E-state index contributed by atoms with van der Waals surface area (Å²) in [5.74, 6) is 0. The van der Waals surface area contributed by atoms with E-state index in [0.29, 0.717) is 0 Å². The molecule has 0 aliphatic carbocycles. The molecule has 88 valence electrons. The van der Waals surface area contributed by atoms with Crippen molar-refractivity contribution in [2.24, 2.45) is 0 Å². The molecule has 0 aliphatic rings. The third kappa shape index (κ3) is 3.38. The molecule has 0 heterocycles. The summed E-state index contributed by atoms with van der Waals surface area (Å²) in [7, 11) is 0. The largest absolute Gasteiger partial charge is 0.769 e. The minimum absolute atomic E-state index is 0.00454. The summed E-state index contributed by atoms with van der Waals surface area (Å²) in [4.78, 5) is 0. The van der Waals surface area contributed by atoms with E-state index in [4.69, 9.17) is 36.3 Å². The molecule has 0 saturated carbocycles. The van der Waals surface area contributed by atoms with Crippen LogP contribution in [0.25, 0.3) is 0 Å². The van der Waals surface area contributed by atoms with Gasteiger partial charge in [0.1, 0.15) is 0 Å². The van der Waals surface area contributed by atoms with E-state index >= 15 is 0 Å². The van der Waals surface area contributed by atoms with Crippen LogP contribution in [0.2, 0.25) is 0 Å². The lowest BCUT2D eigenvalue weighted by atomic mass is 10.0. The zero-order chi connectivity index (χ0) is 12.3. The van der Waals surface area contributed by atoms with Gasteiger partial charge >= 0.3 is 0 Å². The summed E-state index contributed by atoms with van der Waals surface area (Å²) >= 11 is 16.2. The predicted octanol–water partition coefficient (Wildman–Crippen LogP) is 4.18. The van der Waals surface area contributed by atoms with Gasteiger partial charge < -0.3 is 24.5 Å². The zero-order valence-corrected chi connectivity index (χ0v) is 12.4. The highest BCUT2D eigenvalue weighted by atomic mass is 33.2. The fraction of sp³-hybridized carbons (Fsp3) is 0.0769. The molecule has 0 saturated heterocycles.